The SMILES string of the molecule is CCOC(=O)Nc1ccc(NCCc2ccc(S(N)(=O)=O)cc2)nn1. The summed E-state index contributed by atoms with van der Waals surface area (Å²) in [6, 6.07) is 9.64. The van der Waals surface area contributed by atoms with E-state index in [4.69, 9.17) is 9.88 Å². The van der Waals surface area contributed by atoms with E-state index >= 15 is 0 Å². The molecule has 0 aliphatic heterocycles. The molecule has 0 aliphatic rings. The highest BCUT2D eigenvalue weighted by atomic mass is 32.2. The lowest BCUT2D eigenvalue weighted by molar-refractivity contribution is 0.168. The van der Waals surface area contributed by atoms with Gasteiger partial charge in [-0.3, -0.25) is 5.32 Å². The van der Waals surface area contributed by atoms with E-state index in [1.165, 1.54) is 12.1 Å². The predicted octanol–water partition coefficient (Wildman–Crippen LogP) is 1.35. The third-order valence-electron chi connectivity index (χ3n) is 3.14. The van der Waals surface area contributed by atoms with Crippen LogP contribution in [0.15, 0.2) is 41.3 Å². The van der Waals surface area contributed by atoms with Gasteiger partial charge < -0.3 is 10.1 Å². The van der Waals surface area contributed by atoms with Gasteiger partial charge in [0.1, 0.15) is 5.82 Å². The van der Waals surface area contributed by atoms with Gasteiger partial charge in [0.15, 0.2) is 5.82 Å². The second-order valence-electron chi connectivity index (χ2n) is 5.02. The molecule has 1 heterocycles. The second kappa shape index (κ2) is 8.40. The van der Waals surface area contributed by atoms with Gasteiger partial charge in [0.2, 0.25) is 10.0 Å². The Hall–Kier alpha value is -2.72. The van der Waals surface area contributed by atoms with Crippen LogP contribution in [0.25, 0.3) is 0 Å². The summed E-state index contributed by atoms with van der Waals surface area (Å²) in [6.45, 7) is 2.56. The third-order valence-corrected chi connectivity index (χ3v) is 4.07. The lowest BCUT2D eigenvalue weighted by Gasteiger charge is -2.07. The number of nitrogens with zero attached hydrogens (tertiary/aromatic N) is 2. The molecule has 0 fully saturated rings. The monoisotopic (exact) mass is 365 g/mol. The summed E-state index contributed by atoms with van der Waals surface area (Å²) in [4.78, 5) is 11.3. The van der Waals surface area contributed by atoms with Crippen LogP contribution in [-0.2, 0) is 21.2 Å². The van der Waals surface area contributed by atoms with Gasteiger partial charge in [-0.1, -0.05) is 12.1 Å². The Morgan fingerprint density at radius 3 is 2.32 bits per heavy atom. The average molecular weight is 365 g/mol. The van der Waals surface area contributed by atoms with Crippen molar-refractivity contribution in [1.82, 2.24) is 10.2 Å². The molecule has 0 saturated carbocycles. The lowest BCUT2D eigenvalue weighted by atomic mass is 10.1. The number of rotatable bonds is 7. The maximum absolute atomic E-state index is 11.3. The van der Waals surface area contributed by atoms with E-state index < -0.39 is 16.1 Å². The number of ether oxygens (including phenoxy) is 1. The molecule has 10 heteroatoms. The Morgan fingerprint density at radius 2 is 1.76 bits per heavy atom. The summed E-state index contributed by atoms with van der Waals surface area (Å²) in [6.07, 6.45) is 0.0792. The van der Waals surface area contributed by atoms with Gasteiger partial charge in [-0.15, -0.1) is 10.2 Å². The van der Waals surface area contributed by atoms with Crippen molar-refractivity contribution in [2.75, 3.05) is 23.8 Å². The number of aromatic nitrogens is 2. The normalized spacial score (nSPS) is 11.0. The molecule has 0 saturated heterocycles. The Labute approximate surface area is 145 Å². The summed E-state index contributed by atoms with van der Waals surface area (Å²) in [7, 11) is -3.67. The zero-order chi connectivity index (χ0) is 18.3. The van der Waals surface area contributed by atoms with E-state index in [2.05, 4.69) is 20.8 Å². The Kier molecular flexibility index (Phi) is 6.25. The molecule has 4 N–H and O–H groups in total. The van der Waals surface area contributed by atoms with Crippen molar-refractivity contribution >= 4 is 27.8 Å². The summed E-state index contributed by atoms with van der Waals surface area (Å²) >= 11 is 0. The van der Waals surface area contributed by atoms with E-state index in [1.807, 2.05) is 0 Å². The molecule has 1 amide bonds. The lowest BCUT2D eigenvalue weighted by Crippen LogP contribution is -2.15. The maximum Gasteiger partial charge on any atom is 0.412 e. The minimum absolute atomic E-state index is 0.0831. The molecule has 0 spiro atoms. The first-order chi connectivity index (χ1) is 11.9. The van der Waals surface area contributed by atoms with Gasteiger partial charge in [-0.05, 0) is 43.2 Å². The smallest absolute Gasteiger partial charge is 0.412 e. The van der Waals surface area contributed by atoms with Crippen LogP contribution >= 0.6 is 0 Å². The van der Waals surface area contributed by atoms with Crippen molar-refractivity contribution in [3.05, 3.63) is 42.0 Å². The fourth-order valence-electron chi connectivity index (χ4n) is 1.95. The highest BCUT2D eigenvalue weighted by Gasteiger charge is 2.07. The van der Waals surface area contributed by atoms with Crippen molar-refractivity contribution < 1.29 is 17.9 Å². The summed E-state index contributed by atoms with van der Waals surface area (Å²) in [5, 5.41) is 18.4. The average Bonchev–Trinajstić information content (AvgIpc) is 2.56. The molecule has 0 radical (unpaired) electrons. The minimum atomic E-state index is -3.67. The molecule has 2 rings (SSSR count). The van der Waals surface area contributed by atoms with Gasteiger partial charge in [0, 0.05) is 6.54 Å². The zero-order valence-corrected chi connectivity index (χ0v) is 14.4. The van der Waals surface area contributed by atoms with Gasteiger partial charge >= 0.3 is 6.09 Å². The van der Waals surface area contributed by atoms with E-state index in [-0.39, 0.29) is 11.5 Å². The van der Waals surface area contributed by atoms with Crippen molar-refractivity contribution in [3.8, 4) is 0 Å². The van der Waals surface area contributed by atoms with Gasteiger partial charge in [-0.2, -0.15) is 0 Å². The number of benzene rings is 1. The number of hydrogen-bond acceptors (Lipinski definition) is 7. The molecule has 0 unspecified atom stereocenters. The van der Waals surface area contributed by atoms with Crippen molar-refractivity contribution in [2.45, 2.75) is 18.2 Å². The molecule has 25 heavy (non-hydrogen) atoms. The van der Waals surface area contributed by atoms with Crippen LogP contribution < -0.4 is 15.8 Å². The third kappa shape index (κ3) is 6.01. The number of anilines is 2. The number of carbonyl (C=O) groups is 1. The first kappa shape index (κ1) is 18.6. The second-order valence-corrected chi connectivity index (χ2v) is 6.58. The molecule has 9 nitrogen and oxygen atoms in total. The van der Waals surface area contributed by atoms with Crippen LogP contribution in [0.1, 0.15) is 12.5 Å². The van der Waals surface area contributed by atoms with Gasteiger partial charge in [0.05, 0.1) is 11.5 Å². The quantitative estimate of drug-likeness (QED) is 0.673. The number of amides is 1. The summed E-state index contributed by atoms with van der Waals surface area (Å²) in [5.74, 6) is 0.846. The standard InChI is InChI=1S/C15H19N5O4S/c1-2-24-15(21)18-14-8-7-13(19-20-14)17-10-9-11-3-5-12(6-4-11)25(16,22)23/h3-8H,2,9-10H2,1H3,(H,17,19)(H2,16,22,23)(H,18,20,21). The highest BCUT2D eigenvalue weighted by Crippen LogP contribution is 2.10. The molecule has 2 aromatic rings. The van der Waals surface area contributed by atoms with Crippen molar-refractivity contribution in [1.29, 1.82) is 0 Å². The van der Waals surface area contributed by atoms with Crippen molar-refractivity contribution in [2.24, 2.45) is 5.14 Å². The van der Waals surface area contributed by atoms with Crippen LogP contribution in [0.2, 0.25) is 0 Å². The molecule has 0 aliphatic carbocycles. The maximum atomic E-state index is 11.3. The molecule has 0 bridgehead atoms. The predicted molar refractivity (Wildman–Crippen MR) is 92.7 cm³/mol. The van der Waals surface area contributed by atoms with E-state index in [1.54, 1.807) is 31.2 Å². The first-order valence-corrected chi connectivity index (χ1v) is 9.06. The zero-order valence-electron chi connectivity index (χ0n) is 13.6. The van der Waals surface area contributed by atoms with Crippen LogP contribution in [0.4, 0.5) is 16.4 Å². The topological polar surface area (TPSA) is 136 Å². The van der Waals surface area contributed by atoms with Crippen LogP contribution in [-0.4, -0.2) is 37.9 Å². The molecule has 0 atom stereocenters. The molecule has 1 aromatic heterocycles. The fourth-order valence-corrected chi connectivity index (χ4v) is 2.46. The number of hydrogen-bond donors (Lipinski definition) is 3. The summed E-state index contributed by atoms with van der Waals surface area (Å²) in [5.41, 5.74) is 0.952. The van der Waals surface area contributed by atoms with Crippen LogP contribution in [0.3, 0.4) is 0 Å². The minimum Gasteiger partial charge on any atom is -0.450 e. The van der Waals surface area contributed by atoms with E-state index in [0.29, 0.717) is 24.6 Å². The number of nitrogens with two attached hydrogens (primary N) is 1. The first-order valence-electron chi connectivity index (χ1n) is 7.51. The summed E-state index contributed by atoms with van der Waals surface area (Å²) < 4.78 is 27.1. The highest BCUT2D eigenvalue weighted by molar-refractivity contribution is 7.89. The van der Waals surface area contributed by atoms with Gasteiger partial charge in [-0.25, -0.2) is 18.4 Å². The molecular weight excluding hydrogens is 346 g/mol. The largest absolute Gasteiger partial charge is 0.450 e. The van der Waals surface area contributed by atoms with E-state index in [0.717, 1.165) is 5.56 Å². The molecular formula is C15H19N5O4S. The fraction of sp³-hybridized carbons (Fsp3) is 0.267. The van der Waals surface area contributed by atoms with Crippen molar-refractivity contribution in [3.63, 3.8) is 0 Å². The van der Waals surface area contributed by atoms with Crippen LogP contribution in [0.5, 0.6) is 0 Å². The number of carbonyl (C=O) groups excluding carboxylic acids is 1. The van der Waals surface area contributed by atoms with Crippen LogP contribution in [0, 0.1) is 0 Å². The Bertz CT molecular complexity index is 807. The number of primary sulfonamides is 1. The van der Waals surface area contributed by atoms with E-state index in [9.17, 15) is 13.2 Å². The molecule has 134 valence electrons. The number of sulfonamides is 1. The molecule has 1 aromatic carbocycles. The number of nitrogens with one attached hydrogen (secondary N) is 2. The Morgan fingerprint density at radius 1 is 1.12 bits per heavy atom. The van der Waals surface area contributed by atoms with Gasteiger partial charge in [0.25, 0.3) is 0 Å². The Balaban J connectivity index is 1.82.